The van der Waals surface area contributed by atoms with E-state index in [0.717, 1.165) is 28.3 Å². The number of pyridine rings is 1. The number of carbonyl (C=O) groups excluding carboxylic acids is 1. The van der Waals surface area contributed by atoms with E-state index < -0.39 is 17.5 Å². The number of fused-ring (bicyclic) bond motifs is 1. The Balaban J connectivity index is 1.24. The first kappa shape index (κ1) is 24.0. The normalized spacial score (nSPS) is 20.8. The van der Waals surface area contributed by atoms with Crippen LogP contribution in [-0.4, -0.2) is 56.9 Å². The molecule has 1 amide bonds. The van der Waals surface area contributed by atoms with Gasteiger partial charge in [-0.25, -0.2) is 9.37 Å². The summed E-state index contributed by atoms with van der Waals surface area (Å²) in [5.74, 6) is -0.287. The minimum absolute atomic E-state index is 0.0218. The number of nitrogens with zero attached hydrogens (tertiary/aromatic N) is 5. The Bertz CT molecular complexity index is 1480. The van der Waals surface area contributed by atoms with Crippen molar-refractivity contribution in [1.82, 2.24) is 24.6 Å². The zero-order chi connectivity index (χ0) is 25.8. The van der Waals surface area contributed by atoms with E-state index in [2.05, 4.69) is 19.7 Å². The van der Waals surface area contributed by atoms with E-state index in [1.165, 1.54) is 17.0 Å². The van der Waals surface area contributed by atoms with Gasteiger partial charge in [-0.15, -0.1) is 10.2 Å². The molecule has 1 unspecified atom stereocenters. The predicted molar refractivity (Wildman–Crippen MR) is 128 cm³/mol. The van der Waals surface area contributed by atoms with E-state index in [1.54, 1.807) is 6.07 Å². The third kappa shape index (κ3) is 4.37. The van der Waals surface area contributed by atoms with Gasteiger partial charge in [-0.2, -0.15) is 13.2 Å². The Labute approximate surface area is 212 Å². The number of alkyl halides is 4. The van der Waals surface area contributed by atoms with Crippen molar-refractivity contribution in [2.24, 2.45) is 0 Å². The summed E-state index contributed by atoms with van der Waals surface area (Å²) in [4.78, 5) is 18.5. The lowest BCUT2D eigenvalue weighted by Crippen LogP contribution is -2.46. The van der Waals surface area contributed by atoms with Crippen LogP contribution in [0, 0.1) is 0 Å². The highest BCUT2D eigenvalue weighted by Crippen LogP contribution is 2.40. The fraction of sp³-hybridized carbons (Fsp3) is 0.360. The third-order valence-electron chi connectivity index (χ3n) is 6.78. The van der Waals surface area contributed by atoms with Crippen molar-refractivity contribution in [3.8, 4) is 10.7 Å². The minimum Gasteiger partial charge on any atom is -0.377 e. The van der Waals surface area contributed by atoms with E-state index in [0.29, 0.717) is 31.7 Å². The highest BCUT2D eigenvalue weighted by atomic mass is 32.1. The first-order chi connectivity index (χ1) is 17.7. The Morgan fingerprint density at radius 2 is 1.97 bits per heavy atom. The standard InChI is InChI=1S/C25H21F4N5O2S/c26-24(23-32-31-21(37-23)18-3-1-4-20(30-18)25(27,28)29)8-2-9-33(14-24)22(35)16-6-5-15-7-10-34(19(15)11-16)17-12-36-13-17/h1,3-7,10-11,17H,2,8-9,12-14H2. The molecule has 1 aromatic carbocycles. The molecule has 2 fully saturated rings. The molecule has 5 heterocycles. The van der Waals surface area contributed by atoms with Crippen molar-refractivity contribution in [1.29, 1.82) is 0 Å². The lowest BCUT2D eigenvalue weighted by molar-refractivity contribution is -0.141. The number of hydrogen-bond acceptors (Lipinski definition) is 6. The minimum atomic E-state index is -4.61. The van der Waals surface area contributed by atoms with Gasteiger partial charge in [-0.3, -0.25) is 4.79 Å². The van der Waals surface area contributed by atoms with Gasteiger partial charge in [0.2, 0.25) is 0 Å². The molecule has 1 atom stereocenters. The van der Waals surface area contributed by atoms with Crippen LogP contribution in [0.25, 0.3) is 21.6 Å². The predicted octanol–water partition coefficient (Wildman–Crippen LogP) is 5.25. The Morgan fingerprint density at radius 3 is 2.73 bits per heavy atom. The fourth-order valence-corrected chi connectivity index (χ4v) is 5.66. The molecule has 7 nitrogen and oxygen atoms in total. The van der Waals surface area contributed by atoms with Gasteiger partial charge in [0.15, 0.2) is 15.7 Å². The number of aromatic nitrogens is 4. The number of amides is 1. The number of hydrogen-bond donors (Lipinski definition) is 0. The van der Waals surface area contributed by atoms with E-state index >= 15 is 4.39 Å². The number of ether oxygens (including phenoxy) is 1. The van der Waals surface area contributed by atoms with Crippen LogP contribution in [-0.2, 0) is 16.6 Å². The molecule has 3 aromatic heterocycles. The molecule has 2 aliphatic heterocycles. The van der Waals surface area contributed by atoms with Gasteiger partial charge in [0.1, 0.15) is 11.4 Å². The van der Waals surface area contributed by atoms with Crippen molar-refractivity contribution in [3.05, 3.63) is 64.9 Å². The van der Waals surface area contributed by atoms with Gasteiger partial charge >= 0.3 is 6.18 Å². The van der Waals surface area contributed by atoms with Crippen LogP contribution in [0.2, 0.25) is 0 Å². The van der Waals surface area contributed by atoms with Gasteiger partial charge in [0.25, 0.3) is 5.91 Å². The summed E-state index contributed by atoms with van der Waals surface area (Å²) in [6.45, 7) is 1.42. The quantitative estimate of drug-likeness (QED) is 0.337. The van der Waals surface area contributed by atoms with Crippen LogP contribution < -0.4 is 0 Å². The van der Waals surface area contributed by atoms with Gasteiger partial charge in [-0.05, 0) is 48.6 Å². The first-order valence-electron chi connectivity index (χ1n) is 11.8. The number of rotatable bonds is 4. The van der Waals surface area contributed by atoms with E-state index in [-0.39, 0.29) is 40.6 Å². The molecular formula is C25H21F4N5O2S. The molecule has 0 aliphatic carbocycles. The Hall–Kier alpha value is -3.38. The lowest BCUT2D eigenvalue weighted by atomic mass is 9.94. The van der Waals surface area contributed by atoms with E-state index in [1.807, 2.05) is 24.4 Å². The third-order valence-corrected chi connectivity index (χ3v) is 7.91. The van der Waals surface area contributed by atoms with Crippen molar-refractivity contribution in [2.45, 2.75) is 30.7 Å². The van der Waals surface area contributed by atoms with Crippen molar-refractivity contribution >= 4 is 28.1 Å². The number of piperidine rings is 1. The van der Waals surface area contributed by atoms with Gasteiger partial charge in [0, 0.05) is 23.8 Å². The van der Waals surface area contributed by atoms with Gasteiger partial charge in [0.05, 0.1) is 25.8 Å². The molecule has 4 aromatic rings. The second kappa shape index (κ2) is 8.88. The molecule has 2 aliphatic rings. The maximum atomic E-state index is 16.2. The monoisotopic (exact) mass is 531 g/mol. The molecule has 192 valence electrons. The summed E-state index contributed by atoms with van der Waals surface area (Å²) in [6, 6.07) is 11.1. The zero-order valence-corrected chi connectivity index (χ0v) is 20.2. The van der Waals surface area contributed by atoms with Crippen molar-refractivity contribution in [2.75, 3.05) is 26.3 Å². The van der Waals surface area contributed by atoms with Crippen LogP contribution >= 0.6 is 11.3 Å². The molecule has 0 N–H and O–H groups in total. The fourth-order valence-electron chi connectivity index (χ4n) is 4.75. The van der Waals surface area contributed by atoms with Crippen molar-refractivity contribution in [3.63, 3.8) is 0 Å². The Morgan fingerprint density at radius 1 is 1.14 bits per heavy atom. The SMILES string of the molecule is O=C(c1ccc2ccn(C3COC3)c2c1)N1CCCC(F)(c2nnc(-c3cccc(C(F)(F)F)n3)s2)C1. The van der Waals surface area contributed by atoms with Crippen LogP contribution in [0.5, 0.6) is 0 Å². The van der Waals surface area contributed by atoms with Gasteiger partial charge < -0.3 is 14.2 Å². The lowest BCUT2D eigenvalue weighted by Gasteiger charge is -2.36. The smallest absolute Gasteiger partial charge is 0.377 e. The van der Waals surface area contributed by atoms with Crippen LogP contribution in [0.4, 0.5) is 17.6 Å². The summed E-state index contributed by atoms with van der Waals surface area (Å²) in [6.07, 6.45) is -2.08. The maximum Gasteiger partial charge on any atom is 0.433 e. The van der Waals surface area contributed by atoms with Gasteiger partial charge in [-0.1, -0.05) is 23.5 Å². The average molecular weight is 532 g/mol. The molecule has 0 bridgehead atoms. The summed E-state index contributed by atoms with van der Waals surface area (Å²) >= 11 is 0.857. The van der Waals surface area contributed by atoms with Crippen molar-refractivity contribution < 1.29 is 27.1 Å². The first-order valence-corrected chi connectivity index (χ1v) is 12.6. The molecular weight excluding hydrogens is 510 g/mol. The maximum absolute atomic E-state index is 16.2. The summed E-state index contributed by atoms with van der Waals surface area (Å²) in [5, 5.41) is 8.97. The van der Waals surface area contributed by atoms with Crippen LogP contribution in [0.3, 0.4) is 0 Å². The zero-order valence-electron chi connectivity index (χ0n) is 19.4. The van der Waals surface area contributed by atoms with Crippen LogP contribution in [0.1, 0.15) is 39.9 Å². The van der Waals surface area contributed by atoms with E-state index in [9.17, 15) is 18.0 Å². The Kier molecular flexibility index (Phi) is 5.75. The molecule has 0 saturated carbocycles. The number of halogens is 4. The molecule has 0 spiro atoms. The molecule has 0 radical (unpaired) electrons. The summed E-state index contributed by atoms with van der Waals surface area (Å²) < 4.78 is 62.7. The highest BCUT2D eigenvalue weighted by molar-refractivity contribution is 7.14. The summed E-state index contributed by atoms with van der Waals surface area (Å²) in [5.41, 5.74) is -1.66. The highest BCUT2D eigenvalue weighted by Gasteiger charge is 2.42. The largest absolute Gasteiger partial charge is 0.433 e. The molecule has 12 heteroatoms. The molecule has 6 rings (SSSR count). The number of carbonyl (C=O) groups is 1. The van der Waals surface area contributed by atoms with Crippen LogP contribution in [0.15, 0.2) is 48.7 Å². The molecule has 37 heavy (non-hydrogen) atoms. The number of benzene rings is 1. The van der Waals surface area contributed by atoms with E-state index in [4.69, 9.17) is 4.74 Å². The number of likely N-dealkylation sites (tertiary alicyclic amines) is 1. The molecule has 2 saturated heterocycles. The summed E-state index contributed by atoms with van der Waals surface area (Å²) in [7, 11) is 0. The second-order valence-electron chi connectivity index (χ2n) is 9.30. The average Bonchev–Trinajstić information content (AvgIpc) is 3.51. The topological polar surface area (TPSA) is 73.1 Å². The second-order valence-corrected chi connectivity index (χ2v) is 10.3.